The van der Waals surface area contributed by atoms with E-state index in [1.165, 1.54) is 13.8 Å². The van der Waals surface area contributed by atoms with Gasteiger partial charge in [0.15, 0.2) is 0 Å². The van der Waals surface area contributed by atoms with Crippen molar-refractivity contribution in [3.8, 4) is 0 Å². The number of benzene rings is 1. The van der Waals surface area contributed by atoms with Gasteiger partial charge in [0.25, 0.3) is 0 Å². The van der Waals surface area contributed by atoms with Crippen LogP contribution < -0.4 is 4.72 Å². The minimum atomic E-state index is -4.04. The molecule has 1 rings (SSSR count). The molecule has 0 bridgehead atoms. The second-order valence-corrected chi connectivity index (χ2v) is 6.63. The van der Waals surface area contributed by atoms with Gasteiger partial charge in [-0.3, -0.25) is 4.79 Å². The van der Waals surface area contributed by atoms with E-state index in [-0.39, 0.29) is 10.5 Å². The van der Waals surface area contributed by atoms with Gasteiger partial charge in [0.2, 0.25) is 10.0 Å². The van der Waals surface area contributed by atoms with Crippen molar-refractivity contribution in [2.75, 3.05) is 6.54 Å². The first-order valence-electron chi connectivity index (χ1n) is 5.70. The molecule has 0 spiro atoms. The van der Waals surface area contributed by atoms with Gasteiger partial charge in [-0.05, 0) is 31.5 Å². The van der Waals surface area contributed by atoms with Gasteiger partial charge in [0.05, 0.1) is 11.3 Å². The highest BCUT2D eigenvalue weighted by molar-refractivity contribution is 7.89. The van der Waals surface area contributed by atoms with Crippen LogP contribution in [0, 0.1) is 5.82 Å². The number of hydrogen-bond donors (Lipinski definition) is 2. The average Bonchev–Trinajstić information content (AvgIpc) is 2.28. The van der Waals surface area contributed by atoms with E-state index in [1.54, 1.807) is 0 Å². The van der Waals surface area contributed by atoms with Crippen molar-refractivity contribution in [2.45, 2.75) is 30.8 Å². The third-order valence-corrected chi connectivity index (χ3v) is 3.76. The molecule has 0 saturated carbocycles. The molecule has 1 aromatic carbocycles. The van der Waals surface area contributed by atoms with Crippen LogP contribution in [0.4, 0.5) is 8.78 Å². The number of carbonyl (C=O) groups is 1. The molecule has 112 valence electrons. The van der Waals surface area contributed by atoms with Crippen LogP contribution in [-0.2, 0) is 21.2 Å². The quantitative estimate of drug-likeness (QED) is 0.834. The van der Waals surface area contributed by atoms with Gasteiger partial charge in [0.1, 0.15) is 11.5 Å². The van der Waals surface area contributed by atoms with E-state index in [0.29, 0.717) is 6.07 Å². The Morgan fingerprint density at radius 3 is 2.45 bits per heavy atom. The molecular formula is C12H15F2NO4S. The van der Waals surface area contributed by atoms with Gasteiger partial charge in [-0.25, -0.2) is 21.9 Å². The predicted octanol–water partition coefficient (Wildman–Crippen LogP) is 1.48. The predicted molar refractivity (Wildman–Crippen MR) is 68.1 cm³/mol. The molecule has 1 aromatic rings. The minimum Gasteiger partial charge on any atom is -0.481 e. The summed E-state index contributed by atoms with van der Waals surface area (Å²) in [5.41, 5.74) is -1.86. The molecule has 0 fully saturated rings. The lowest BCUT2D eigenvalue weighted by molar-refractivity contribution is -0.136. The summed E-state index contributed by atoms with van der Waals surface area (Å²) in [5, 5.41) is 8.56. The molecule has 0 atom stereocenters. The molecular weight excluding hydrogens is 292 g/mol. The van der Waals surface area contributed by atoms with E-state index >= 15 is 0 Å². The summed E-state index contributed by atoms with van der Waals surface area (Å²) in [6.45, 7) is 1.95. The highest BCUT2D eigenvalue weighted by atomic mass is 32.2. The van der Waals surface area contributed by atoms with Crippen LogP contribution in [0.2, 0.25) is 0 Å². The van der Waals surface area contributed by atoms with E-state index in [1.807, 2.05) is 4.72 Å². The van der Waals surface area contributed by atoms with Crippen molar-refractivity contribution in [1.29, 1.82) is 0 Å². The van der Waals surface area contributed by atoms with Crippen molar-refractivity contribution in [3.05, 3.63) is 29.6 Å². The monoisotopic (exact) mass is 307 g/mol. The topological polar surface area (TPSA) is 83.5 Å². The van der Waals surface area contributed by atoms with Crippen LogP contribution in [-0.4, -0.2) is 31.7 Å². The molecule has 8 heteroatoms. The number of aliphatic carboxylic acids is 1. The van der Waals surface area contributed by atoms with Gasteiger partial charge < -0.3 is 5.11 Å². The van der Waals surface area contributed by atoms with Crippen molar-refractivity contribution < 1.29 is 27.1 Å². The summed E-state index contributed by atoms with van der Waals surface area (Å²) in [4.78, 5) is 10.1. The second-order valence-electron chi connectivity index (χ2n) is 4.87. The number of sulfonamides is 1. The minimum absolute atomic E-state index is 0.123. The van der Waals surface area contributed by atoms with Gasteiger partial charge in [0, 0.05) is 6.54 Å². The van der Waals surface area contributed by atoms with Crippen molar-refractivity contribution >= 4 is 16.0 Å². The first-order valence-corrected chi connectivity index (χ1v) is 7.18. The lowest BCUT2D eigenvalue weighted by Gasteiger charge is -2.15. The van der Waals surface area contributed by atoms with Crippen LogP contribution in [0.1, 0.15) is 19.4 Å². The Kier molecular flexibility index (Phi) is 4.82. The molecule has 0 heterocycles. The first kappa shape index (κ1) is 16.5. The summed E-state index contributed by atoms with van der Waals surface area (Å²) in [6.07, 6.45) is -0.545. The summed E-state index contributed by atoms with van der Waals surface area (Å²) in [6, 6.07) is 2.87. The van der Waals surface area contributed by atoms with Crippen molar-refractivity contribution in [2.24, 2.45) is 0 Å². The summed E-state index contributed by atoms with van der Waals surface area (Å²) >= 11 is 0. The highest BCUT2D eigenvalue weighted by Crippen LogP contribution is 2.16. The summed E-state index contributed by atoms with van der Waals surface area (Å²) in [5.74, 6) is -2.16. The van der Waals surface area contributed by atoms with Gasteiger partial charge in [-0.15, -0.1) is 0 Å². The number of nitrogens with one attached hydrogen (secondary N) is 1. The average molecular weight is 307 g/mol. The Balaban J connectivity index is 2.97. The zero-order valence-corrected chi connectivity index (χ0v) is 11.8. The van der Waals surface area contributed by atoms with E-state index in [9.17, 15) is 22.0 Å². The molecule has 0 unspecified atom stereocenters. The number of hydrogen-bond acceptors (Lipinski definition) is 3. The van der Waals surface area contributed by atoms with E-state index in [2.05, 4.69) is 0 Å². The van der Waals surface area contributed by atoms with Crippen LogP contribution in [0.3, 0.4) is 0 Å². The number of alkyl halides is 1. The third kappa shape index (κ3) is 4.86. The zero-order chi connectivity index (χ0) is 15.6. The smallest absolute Gasteiger partial charge is 0.307 e. The molecule has 0 aromatic heterocycles. The largest absolute Gasteiger partial charge is 0.481 e. The molecule has 0 aliphatic heterocycles. The second kappa shape index (κ2) is 5.84. The fourth-order valence-electron chi connectivity index (χ4n) is 1.35. The Labute approximate surface area is 115 Å². The van der Waals surface area contributed by atoms with Crippen molar-refractivity contribution in [3.63, 3.8) is 0 Å². The number of carboxylic acids is 1. The zero-order valence-electron chi connectivity index (χ0n) is 11.0. The molecule has 0 aliphatic carbocycles. The molecule has 0 aliphatic rings. The molecule has 0 amide bonds. The van der Waals surface area contributed by atoms with Gasteiger partial charge in [-0.2, -0.15) is 0 Å². The lowest BCUT2D eigenvalue weighted by atomic mass is 10.1. The Hall–Kier alpha value is -1.54. The molecule has 20 heavy (non-hydrogen) atoms. The summed E-state index contributed by atoms with van der Waals surface area (Å²) in [7, 11) is -4.04. The van der Waals surface area contributed by atoms with Crippen LogP contribution in [0.25, 0.3) is 0 Å². The maximum Gasteiger partial charge on any atom is 0.307 e. The van der Waals surface area contributed by atoms with Crippen LogP contribution in [0.15, 0.2) is 23.1 Å². The van der Waals surface area contributed by atoms with E-state index in [0.717, 1.165) is 12.1 Å². The fraction of sp³-hybridized carbons (Fsp3) is 0.417. The SMILES string of the molecule is CC(C)(F)CNS(=O)(=O)c1ccc(CC(=O)O)c(F)c1. The standard InChI is InChI=1S/C12H15F2NO4S/c1-12(2,14)7-15-20(18,19)9-4-3-8(5-11(16)17)10(13)6-9/h3-4,6,15H,5,7H2,1-2H3,(H,16,17). The number of carboxylic acid groups (broad SMARTS) is 1. The van der Waals surface area contributed by atoms with E-state index < -0.39 is 40.4 Å². The Bertz CT molecular complexity index is 608. The van der Waals surface area contributed by atoms with E-state index in [4.69, 9.17) is 5.11 Å². The normalized spacial score (nSPS) is 12.4. The van der Waals surface area contributed by atoms with Gasteiger partial charge >= 0.3 is 5.97 Å². The molecule has 0 radical (unpaired) electrons. The molecule has 0 saturated heterocycles. The first-order chi connectivity index (χ1) is 9.01. The Morgan fingerprint density at radius 2 is 2.00 bits per heavy atom. The van der Waals surface area contributed by atoms with Gasteiger partial charge in [-0.1, -0.05) is 6.07 Å². The maximum absolute atomic E-state index is 13.6. The fourth-order valence-corrected chi connectivity index (χ4v) is 2.56. The van der Waals surface area contributed by atoms with Crippen LogP contribution >= 0.6 is 0 Å². The number of rotatable bonds is 6. The van der Waals surface area contributed by atoms with Crippen LogP contribution in [0.5, 0.6) is 0 Å². The number of halogens is 2. The molecule has 2 N–H and O–H groups in total. The lowest BCUT2D eigenvalue weighted by Crippen LogP contribution is -2.35. The Morgan fingerprint density at radius 1 is 1.40 bits per heavy atom. The third-order valence-electron chi connectivity index (χ3n) is 2.36. The maximum atomic E-state index is 13.6. The highest BCUT2D eigenvalue weighted by Gasteiger charge is 2.22. The summed E-state index contributed by atoms with van der Waals surface area (Å²) < 4.78 is 52.5. The van der Waals surface area contributed by atoms with Crippen molar-refractivity contribution in [1.82, 2.24) is 4.72 Å². The molecule has 5 nitrogen and oxygen atoms in total.